The second-order valence-electron chi connectivity index (χ2n) is 7.43. The first-order chi connectivity index (χ1) is 15.3. The van der Waals surface area contributed by atoms with Crippen LogP contribution in [-0.2, 0) is 23.9 Å². The summed E-state index contributed by atoms with van der Waals surface area (Å²) in [7, 11) is 2.23. The van der Waals surface area contributed by atoms with Crippen LogP contribution in [0.3, 0.4) is 0 Å². The van der Waals surface area contributed by atoms with Crippen LogP contribution in [-0.4, -0.2) is 44.0 Å². The van der Waals surface area contributed by atoms with Crippen molar-refractivity contribution >= 4 is 45.3 Å². The number of amides is 2. The van der Waals surface area contributed by atoms with Gasteiger partial charge in [0.05, 0.1) is 19.8 Å². The van der Waals surface area contributed by atoms with Gasteiger partial charge in [0.1, 0.15) is 6.04 Å². The van der Waals surface area contributed by atoms with Gasteiger partial charge in [0, 0.05) is 5.92 Å². The van der Waals surface area contributed by atoms with Crippen LogP contribution in [0.2, 0.25) is 0 Å². The minimum atomic E-state index is -1.44. The number of nitrogens with one attached hydrogen (secondary N) is 1. The number of nitrogens with two attached hydrogens (primary N) is 1. The summed E-state index contributed by atoms with van der Waals surface area (Å²) in [5, 5.41) is 5.71. The molecule has 8 heteroatoms. The molecule has 2 amide bonds. The number of hydrogen-bond acceptors (Lipinski definition) is 6. The lowest BCUT2D eigenvalue weighted by Gasteiger charge is -2.27. The predicted molar refractivity (Wildman–Crippen MR) is 119 cm³/mol. The number of fused-ring (bicyclic) bond motifs is 2. The maximum Gasteiger partial charge on any atom is 0.320 e. The molecule has 166 valence electrons. The van der Waals surface area contributed by atoms with E-state index >= 15 is 0 Å². The van der Waals surface area contributed by atoms with Gasteiger partial charge in [0.25, 0.3) is 5.91 Å². The van der Waals surface area contributed by atoms with Gasteiger partial charge in [-0.05, 0) is 27.6 Å². The van der Waals surface area contributed by atoms with Crippen molar-refractivity contribution in [3.8, 4) is 0 Å². The average Bonchev–Trinajstić information content (AvgIpc) is 2.80. The van der Waals surface area contributed by atoms with E-state index in [1.807, 2.05) is 54.6 Å². The lowest BCUT2D eigenvalue weighted by Crippen LogP contribution is -2.52. The smallest absolute Gasteiger partial charge is 0.320 e. The third kappa shape index (κ3) is 4.25. The lowest BCUT2D eigenvalue weighted by atomic mass is 9.86. The van der Waals surface area contributed by atoms with Gasteiger partial charge >= 0.3 is 11.9 Å². The monoisotopic (exact) mass is 436 g/mol. The molecule has 8 nitrogen and oxygen atoms in total. The summed E-state index contributed by atoms with van der Waals surface area (Å²) in [4.78, 5) is 50.1. The van der Waals surface area contributed by atoms with Crippen molar-refractivity contribution in [2.45, 2.75) is 13.0 Å². The Morgan fingerprint density at radius 1 is 0.844 bits per heavy atom. The highest BCUT2D eigenvalue weighted by Gasteiger charge is 2.41. The number of methoxy groups -OCH3 is 2. The molecule has 3 aromatic carbocycles. The predicted octanol–water partition coefficient (Wildman–Crippen LogP) is 2.17. The first kappa shape index (κ1) is 22.7. The van der Waals surface area contributed by atoms with Gasteiger partial charge < -0.3 is 20.5 Å². The van der Waals surface area contributed by atoms with Gasteiger partial charge in [0.2, 0.25) is 5.91 Å². The van der Waals surface area contributed by atoms with Crippen molar-refractivity contribution in [2.24, 2.45) is 17.6 Å². The maximum absolute atomic E-state index is 13.4. The van der Waals surface area contributed by atoms with Gasteiger partial charge in [-0.15, -0.1) is 0 Å². The fourth-order valence-electron chi connectivity index (χ4n) is 3.91. The molecule has 0 spiro atoms. The van der Waals surface area contributed by atoms with Crippen molar-refractivity contribution in [3.05, 3.63) is 60.2 Å². The van der Waals surface area contributed by atoms with E-state index < -0.39 is 41.6 Å². The Morgan fingerprint density at radius 3 is 1.75 bits per heavy atom. The average molecular weight is 436 g/mol. The summed E-state index contributed by atoms with van der Waals surface area (Å²) in [6.45, 7) is 1.45. The van der Waals surface area contributed by atoms with E-state index in [-0.39, 0.29) is 0 Å². The molecule has 0 unspecified atom stereocenters. The number of hydrogen-bond donors (Lipinski definition) is 2. The van der Waals surface area contributed by atoms with Crippen LogP contribution < -0.4 is 11.1 Å². The van der Waals surface area contributed by atoms with Crippen molar-refractivity contribution in [1.29, 1.82) is 0 Å². The second-order valence-corrected chi connectivity index (χ2v) is 7.43. The highest BCUT2D eigenvalue weighted by molar-refractivity contribution is 6.18. The van der Waals surface area contributed by atoms with Crippen LogP contribution in [0.25, 0.3) is 21.5 Å². The SMILES string of the molecule is COC(=O)C(C(=O)OC)[C@@H](C)[C@H](NC(=O)c1c2ccccc2cc2ccccc12)C(N)=O. The number of esters is 2. The minimum Gasteiger partial charge on any atom is -0.468 e. The molecule has 0 fully saturated rings. The zero-order valence-corrected chi connectivity index (χ0v) is 18.0. The Morgan fingerprint density at radius 2 is 1.31 bits per heavy atom. The number of carbonyl (C=O) groups is 4. The van der Waals surface area contributed by atoms with E-state index in [2.05, 4.69) is 14.8 Å². The molecule has 0 aliphatic heterocycles. The summed E-state index contributed by atoms with van der Waals surface area (Å²) in [5.41, 5.74) is 5.92. The van der Waals surface area contributed by atoms with Gasteiger partial charge in [-0.2, -0.15) is 0 Å². The van der Waals surface area contributed by atoms with Gasteiger partial charge in [-0.3, -0.25) is 19.2 Å². The van der Waals surface area contributed by atoms with Crippen LogP contribution >= 0.6 is 0 Å². The number of ether oxygens (including phenoxy) is 2. The molecule has 3 N–H and O–H groups in total. The van der Waals surface area contributed by atoms with Crippen LogP contribution in [0.5, 0.6) is 0 Å². The summed E-state index contributed by atoms with van der Waals surface area (Å²) in [6, 6.07) is 15.4. The Balaban J connectivity index is 2.06. The number of rotatable bonds is 7. The third-order valence-corrected chi connectivity index (χ3v) is 5.55. The summed E-state index contributed by atoms with van der Waals surface area (Å²) in [6.07, 6.45) is 0. The van der Waals surface area contributed by atoms with E-state index in [1.54, 1.807) is 0 Å². The number of primary amides is 1. The molecule has 3 aromatic rings. The second kappa shape index (κ2) is 9.47. The van der Waals surface area contributed by atoms with Crippen molar-refractivity contribution in [3.63, 3.8) is 0 Å². The highest BCUT2D eigenvalue weighted by atomic mass is 16.5. The Kier molecular flexibility index (Phi) is 6.73. The lowest BCUT2D eigenvalue weighted by molar-refractivity contribution is -0.161. The van der Waals surface area contributed by atoms with E-state index in [1.165, 1.54) is 6.92 Å². The van der Waals surface area contributed by atoms with Gasteiger partial charge in [-0.1, -0.05) is 55.5 Å². The van der Waals surface area contributed by atoms with Gasteiger partial charge in [-0.25, -0.2) is 0 Å². The molecule has 0 bridgehead atoms. The van der Waals surface area contributed by atoms with E-state index in [0.29, 0.717) is 16.3 Å². The molecule has 0 saturated heterocycles. The normalized spacial score (nSPS) is 12.9. The fourth-order valence-corrected chi connectivity index (χ4v) is 3.91. The number of carbonyl (C=O) groups excluding carboxylic acids is 4. The quantitative estimate of drug-likeness (QED) is 0.332. The molecule has 32 heavy (non-hydrogen) atoms. The van der Waals surface area contributed by atoms with Crippen LogP contribution in [0.4, 0.5) is 0 Å². The third-order valence-electron chi connectivity index (χ3n) is 5.55. The standard InChI is InChI=1S/C24H24N2O6/c1-13(18(23(29)31-2)24(30)32-3)20(21(25)27)26-22(28)19-16-10-6-4-8-14(16)12-15-9-5-7-11-17(15)19/h4-13,18,20H,1-3H3,(H2,25,27)(H,26,28)/t13-,20+/m1/s1. The Labute approximate surface area is 184 Å². The zero-order chi connectivity index (χ0) is 23.4. The molecule has 0 saturated carbocycles. The fraction of sp³-hybridized carbons (Fsp3) is 0.250. The first-order valence-electron chi connectivity index (χ1n) is 9.96. The van der Waals surface area contributed by atoms with Crippen molar-refractivity contribution in [2.75, 3.05) is 14.2 Å². The highest BCUT2D eigenvalue weighted by Crippen LogP contribution is 2.29. The summed E-state index contributed by atoms with van der Waals surface area (Å²) >= 11 is 0. The number of benzene rings is 3. The van der Waals surface area contributed by atoms with Gasteiger partial charge in [0.15, 0.2) is 5.92 Å². The van der Waals surface area contributed by atoms with E-state index in [9.17, 15) is 19.2 Å². The molecule has 3 rings (SSSR count). The zero-order valence-electron chi connectivity index (χ0n) is 18.0. The largest absolute Gasteiger partial charge is 0.468 e. The Bertz CT molecular complexity index is 1140. The molecular formula is C24H24N2O6. The molecule has 0 aliphatic rings. The molecule has 0 radical (unpaired) electrons. The van der Waals surface area contributed by atoms with Crippen LogP contribution in [0.1, 0.15) is 17.3 Å². The molecule has 2 atom stereocenters. The first-order valence-corrected chi connectivity index (χ1v) is 9.96. The van der Waals surface area contributed by atoms with E-state index in [4.69, 9.17) is 5.73 Å². The van der Waals surface area contributed by atoms with Crippen molar-refractivity contribution in [1.82, 2.24) is 5.32 Å². The molecular weight excluding hydrogens is 412 g/mol. The van der Waals surface area contributed by atoms with E-state index in [0.717, 1.165) is 25.0 Å². The molecule has 0 heterocycles. The van der Waals surface area contributed by atoms with Crippen molar-refractivity contribution < 1.29 is 28.7 Å². The summed E-state index contributed by atoms with van der Waals surface area (Å²) in [5.74, 6) is -5.68. The minimum absolute atomic E-state index is 0.366. The van der Waals surface area contributed by atoms with Crippen LogP contribution in [0, 0.1) is 11.8 Å². The molecule has 0 aromatic heterocycles. The van der Waals surface area contributed by atoms with Crippen LogP contribution in [0.15, 0.2) is 54.6 Å². The maximum atomic E-state index is 13.4. The topological polar surface area (TPSA) is 125 Å². The molecule has 0 aliphatic carbocycles. The Hall–Kier alpha value is -3.94. The summed E-state index contributed by atoms with van der Waals surface area (Å²) < 4.78 is 9.37.